The van der Waals surface area contributed by atoms with Crippen LogP contribution in [0.25, 0.3) is 0 Å². The number of nitrogens with zero attached hydrogens (tertiary/aromatic N) is 1. The number of rotatable bonds is 6. The summed E-state index contributed by atoms with van der Waals surface area (Å²) in [6.45, 7) is 5.16. The molecule has 7 nitrogen and oxygen atoms in total. The maximum absolute atomic E-state index is 12.5. The highest BCUT2D eigenvalue weighted by atomic mass is 32.2. The first-order chi connectivity index (χ1) is 11.2. The topological polar surface area (TPSA) is 104 Å². The molecule has 24 heavy (non-hydrogen) atoms. The van der Waals surface area contributed by atoms with Gasteiger partial charge in [0.15, 0.2) is 0 Å². The molecule has 2 unspecified atom stereocenters. The number of carboxylic acids is 1. The number of carbonyl (C=O) groups is 2. The number of benzene rings is 1. The van der Waals surface area contributed by atoms with Gasteiger partial charge in [0.05, 0.1) is 4.90 Å². The molecule has 0 aliphatic carbocycles. The van der Waals surface area contributed by atoms with Crippen molar-refractivity contribution in [2.75, 3.05) is 4.90 Å². The summed E-state index contributed by atoms with van der Waals surface area (Å²) >= 11 is 0. The van der Waals surface area contributed by atoms with E-state index < -0.39 is 22.0 Å². The highest BCUT2D eigenvalue weighted by Crippen LogP contribution is 2.33. The van der Waals surface area contributed by atoms with Gasteiger partial charge in [-0.25, -0.2) is 8.42 Å². The quantitative estimate of drug-likeness (QED) is 0.806. The Bertz CT molecular complexity index is 760. The van der Waals surface area contributed by atoms with Crippen molar-refractivity contribution < 1.29 is 23.1 Å². The summed E-state index contributed by atoms with van der Waals surface area (Å²) in [5.41, 5.74) is 1.47. The molecule has 2 atom stereocenters. The van der Waals surface area contributed by atoms with Gasteiger partial charge in [0.25, 0.3) is 0 Å². The summed E-state index contributed by atoms with van der Waals surface area (Å²) in [7, 11) is -3.94. The van der Waals surface area contributed by atoms with Crippen molar-refractivity contribution in [3.8, 4) is 0 Å². The Morgan fingerprint density at radius 2 is 2.08 bits per heavy atom. The van der Waals surface area contributed by atoms with Crippen LogP contribution in [0.3, 0.4) is 0 Å². The van der Waals surface area contributed by atoms with Crippen LogP contribution in [0.15, 0.2) is 23.1 Å². The molecule has 1 aliphatic heterocycles. The molecule has 0 radical (unpaired) electrons. The zero-order chi connectivity index (χ0) is 18.1. The number of anilines is 1. The molecule has 1 heterocycles. The fourth-order valence-electron chi connectivity index (χ4n) is 3.03. The summed E-state index contributed by atoms with van der Waals surface area (Å²) in [4.78, 5) is 24.5. The number of carboxylic acid groups (broad SMARTS) is 1. The third-order valence-corrected chi connectivity index (χ3v) is 5.56. The summed E-state index contributed by atoms with van der Waals surface area (Å²) in [5.74, 6) is -1.29. The van der Waals surface area contributed by atoms with E-state index in [9.17, 15) is 18.0 Å². The minimum atomic E-state index is -3.94. The summed E-state index contributed by atoms with van der Waals surface area (Å²) in [6.07, 6.45) is 1.33. The maximum atomic E-state index is 12.5. The maximum Gasteiger partial charge on any atom is 0.321 e. The Morgan fingerprint density at radius 3 is 2.62 bits per heavy atom. The highest BCUT2D eigenvalue weighted by Gasteiger charge is 2.31. The first-order valence-electron chi connectivity index (χ1n) is 7.85. The van der Waals surface area contributed by atoms with Gasteiger partial charge in [-0.2, -0.15) is 4.72 Å². The number of aliphatic carboxylic acids is 1. The second-order valence-corrected chi connectivity index (χ2v) is 7.75. The van der Waals surface area contributed by atoms with Crippen LogP contribution >= 0.6 is 0 Å². The summed E-state index contributed by atoms with van der Waals surface area (Å²) in [6, 6.07) is 3.34. The molecular weight excluding hydrogens is 332 g/mol. The lowest BCUT2D eigenvalue weighted by Gasteiger charge is -2.20. The van der Waals surface area contributed by atoms with Crippen molar-refractivity contribution in [1.82, 2.24) is 4.72 Å². The summed E-state index contributed by atoms with van der Waals surface area (Å²) in [5, 5.41) is 9.13. The smallest absolute Gasteiger partial charge is 0.321 e. The summed E-state index contributed by atoms with van der Waals surface area (Å²) < 4.78 is 27.2. The Morgan fingerprint density at radius 1 is 1.42 bits per heavy atom. The van der Waals surface area contributed by atoms with E-state index in [1.165, 1.54) is 19.1 Å². The van der Waals surface area contributed by atoms with Crippen LogP contribution in [0, 0.1) is 0 Å². The monoisotopic (exact) mass is 354 g/mol. The van der Waals surface area contributed by atoms with E-state index in [2.05, 4.69) is 4.72 Å². The van der Waals surface area contributed by atoms with Crippen molar-refractivity contribution in [3.63, 3.8) is 0 Å². The molecule has 8 heteroatoms. The molecule has 132 valence electrons. The van der Waals surface area contributed by atoms with Crippen molar-refractivity contribution >= 4 is 27.6 Å². The van der Waals surface area contributed by atoms with Gasteiger partial charge in [-0.15, -0.1) is 0 Å². The van der Waals surface area contributed by atoms with E-state index in [1.807, 2.05) is 6.92 Å². The van der Waals surface area contributed by atoms with Crippen LogP contribution in [0.4, 0.5) is 5.69 Å². The fraction of sp³-hybridized carbons (Fsp3) is 0.500. The first kappa shape index (κ1) is 18.4. The molecule has 0 spiro atoms. The van der Waals surface area contributed by atoms with Gasteiger partial charge in [-0.05, 0) is 43.5 Å². The largest absolute Gasteiger partial charge is 0.480 e. The average molecular weight is 354 g/mol. The van der Waals surface area contributed by atoms with Crippen molar-refractivity contribution in [2.24, 2.45) is 0 Å². The van der Waals surface area contributed by atoms with Crippen molar-refractivity contribution in [1.29, 1.82) is 0 Å². The Labute approximate surface area is 141 Å². The number of hydrogen-bond acceptors (Lipinski definition) is 4. The van der Waals surface area contributed by atoms with Crippen LogP contribution in [-0.4, -0.2) is 37.5 Å². The lowest BCUT2D eigenvalue weighted by Crippen LogP contribution is -2.40. The SMILES string of the molecule is CCCC(NS(=O)(=O)c1ccc2c(c1)CC(C)N2C(C)=O)C(=O)O. The van der Waals surface area contributed by atoms with Crippen LogP contribution in [-0.2, 0) is 26.0 Å². The van der Waals surface area contributed by atoms with Crippen molar-refractivity contribution in [2.45, 2.75) is 57.0 Å². The van der Waals surface area contributed by atoms with Crippen LogP contribution in [0.2, 0.25) is 0 Å². The zero-order valence-corrected chi connectivity index (χ0v) is 14.8. The van der Waals surface area contributed by atoms with Crippen LogP contribution in [0.1, 0.15) is 39.2 Å². The number of amides is 1. The van der Waals surface area contributed by atoms with E-state index in [1.54, 1.807) is 17.9 Å². The predicted molar refractivity (Wildman–Crippen MR) is 89.4 cm³/mol. The lowest BCUT2D eigenvalue weighted by atomic mass is 10.1. The highest BCUT2D eigenvalue weighted by molar-refractivity contribution is 7.89. The van der Waals surface area contributed by atoms with Crippen molar-refractivity contribution in [3.05, 3.63) is 23.8 Å². The number of nitrogens with one attached hydrogen (secondary N) is 1. The standard InChI is InChI=1S/C16H22N2O5S/c1-4-5-14(16(20)21)17-24(22,23)13-6-7-15-12(9-13)8-10(2)18(15)11(3)19/h6-7,9-10,14,17H,4-5,8H2,1-3H3,(H,20,21). The Hall–Kier alpha value is -1.93. The van der Waals surface area contributed by atoms with Gasteiger partial charge in [-0.3, -0.25) is 9.59 Å². The Kier molecular flexibility index (Phi) is 5.29. The minimum Gasteiger partial charge on any atom is -0.480 e. The van der Waals surface area contributed by atoms with Crippen LogP contribution < -0.4 is 9.62 Å². The zero-order valence-electron chi connectivity index (χ0n) is 13.9. The van der Waals surface area contributed by atoms with E-state index in [4.69, 9.17) is 5.11 Å². The van der Waals surface area contributed by atoms with Gasteiger partial charge >= 0.3 is 5.97 Å². The molecule has 0 fully saturated rings. The number of fused-ring (bicyclic) bond motifs is 1. The van der Waals surface area contributed by atoms with E-state index >= 15 is 0 Å². The number of carbonyl (C=O) groups excluding carboxylic acids is 1. The van der Waals surface area contributed by atoms with Gasteiger partial charge in [0.1, 0.15) is 6.04 Å². The molecule has 2 N–H and O–H groups in total. The van der Waals surface area contributed by atoms with E-state index in [0.29, 0.717) is 18.5 Å². The number of hydrogen-bond donors (Lipinski definition) is 2. The molecule has 1 amide bonds. The van der Waals surface area contributed by atoms with Gasteiger partial charge < -0.3 is 10.0 Å². The van der Waals surface area contributed by atoms with Gasteiger partial charge in [0.2, 0.25) is 15.9 Å². The lowest BCUT2D eigenvalue weighted by molar-refractivity contribution is -0.139. The van der Waals surface area contributed by atoms with E-state index in [-0.39, 0.29) is 23.3 Å². The first-order valence-corrected chi connectivity index (χ1v) is 9.33. The second kappa shape index (κ2) is 6.90. The molecule has 0 aromatic heterocycles. The third kappa shape index (κ3) is 3.59. The average Bonchev–Trinajstić information content (AvgIpc) is 2.81. The van der Waals surface area contributed by atoms with Gasteiger partial charge in [0, 0.05) is 18.7 Å². The Balaban J connectivity index is 2.32. The molecule has 1 aromatic carbocycles. The molecule has 0 saturated carbocycles. The van der Waals surface area contributed by atoms with Gasteiger partial charge in [-0.1, -0.05) is 13.3 Å². The molecular formula is C16H22N2O5S. The normalized spacial score (nSPS) is 18.3. The molecule has 1 aromatic rings. The third-order valence-electron chi connectivity index (χ3n) is 4.09. The molecule has 0 bridgehead atoms. The number of sulfonamides is 1. The molecule has 1 aliphatic rings. The second-order valence-electron chi connectivity index (χ2n) is 6.03. The predicted octanol–water partition coefficient (Wildman–Crippen LogP) is 1.52. The minimum absolute atomic E-state index is 0.0150. The molecule has 2 rings (SSSR count). The fourth-order valence-corrected chi connectivity index (χ4v) is 4.31. The van der Waals surface area contributed by atoms with Crippen LogP contribution in [0.5, 0.6) is 0 Å². The molecule has 0 saturated heterocycles. The van der Waals surface area contributed by atoms with E-state index in [0.717, 1.165) is 5.56 Å².